The zero-order valence-electron chi connectivity index (χ0n) is 35.1. The summed E-state index contributed by atoms with van der Waals surface area (Å²) in [5, 5.41) is 11.6. The quantitative estimate of drug-likeness (QED) is 0.0204. The summed E-state index contributed by atoms with van der Waals surface area (Å²) in [7, 11) is 5.38. The van der Waals surface area contributed by atoms with E-state index in [0.717, 1.165) is 70.6 Å². The number of nitrogens with zero attached hydrogens (tertiary/aromatic N) is 1. The molecule has 0 spiro atoms. The van der Waals surface area contributed by atoms with Gasteiger partial charge < -0.3 is 28.6 Å². The Morgan fingerprint density at radius 3 is 1.69 bits per heavy atom. The molecule has 0 amide bonds. The number of ether oxygens (including phenoxy) is 3. The Kier molecular flexibility index (Phi) is 34.9. The summed E-state index contributed by atoms with van der Waals surface area (Å²) < 4.78 is 17.1. The van der Waals surface area contributed by atoms with E-state index in [1.807, 2.05) is 0 Å². The summed E-state index contributed by atoms with van der Waals surface area (Å²) in [5.74, 6) is -1.81. The van der Waals surface area contributed by atoms with E-state index in [1.165, 1.54) is 51.4 Å². The molecule has 0 saturated carbocycles. The summed E-state index contributed by atoms with van der Waals surface area (Å²) in [4.78, 5) is 36.7. The summed E-state index contributed by atoms with van der Waals surface area (Å²) in [6.45, 7) is 4.46. The van der Waals surface area contributed by atoms with Crippen molar-refractivity contribution in [3.63, 3.8) is 0 Å². The van der Waals surface area contributed by atoms with E-state index in [1.54, 1.807) is 21.1 Å². The van der Waals surface area contributed by atoms with E-state index in [4.69, 9.17) is 14.2 Å². The molecule has 0 aliphatic rings. The predicted molar refractivity (Wildman–Crippen MR) is 222 cm³/mol. The third-order valence-corrected chi connectivity index (χ3v) is 9.17. The van der Waals surface area contributed by atoms with Crippen LogP contribution in [-0.4, -0.2) is 75.5 Å². The molecule has 0 aromatic heterocycles. The van der Waals surface area contributed by atoms with Crippen LogP contribution in [0.3, 0.4) is 0 Å². The fourth-order valence-electron chi connectivity index (χ4n) is 5.84. The number of allylic oxidation sites excluding steroid dienone is 10. The molecule has 8 heteroatoms. The molecule has 0 heterocycles. The smallest absolute Gasteiger partial charge is 0.306 e. The van der Waals surface area contributed by atoms with Gasteiger partial charge in [-0.2, -0.15) is 0 Å². The summed E-state index contributed by atoms with van der Waals surface area (Å²) in [6, 6.07) is -0.736. The van der Waals surface area contributed by atoms with Gasteiger partial charge in [-0.25, -0.2) is 0 Å². The highest BCUT2D eigenvalue weighted by molar-refractivity contribution is 5.70. The largest absolute Gasteiger partial charge is 0.544 e. The first kappa shape index (κ1) is 51.0. The molecule has 8 nitrogen and oxygen atoms in total. The third-order valence-electron chi connectivity index (χ3n) is 9.17. The minimum atomic E-state index is -1.14. The molecule has 0 aliphatic heterocycles. The molecule has 0 aromatic carbocycles. The van der Waals surface area contributed by atoms with Gasteiger partial charge in [0.05, 0.1) is 40.3 Å². The Balaban J connectivity index is 4.41. The Labute approximate surface area is 330 Å². The highest BCUT2D eigenvalue weighted by Crippen LogP contribution is 2.12. The number of hydrogen-bond donors (Lipinski definition) is 0. The molecule has 0 N–H and O–H groups in total. The van der Waals surface area contributed by atoms with Crippen LogP contribution in [-0.2, 0) is 28.6 Å². The number of likely N-dealkylation sites (N-methyl/N-ethyl adjacent to an activating group) is 1. The molecular weight excluding hydrogens is 679 g/mol. The molecule has 0 saturated heterocycles. The summed E-state index contributed by atoms with van der Waals surface area (Å²) in [6.07, 6.45) is 44.0. The van der Waals surface area contributed by atoms with Crippen LogP contribution in [0.25, 0.3) is 0 Å². The average Bonchev–Trinajstić information content (AvgIpc) is 3.12. The maximum Gasteiger partial charge on any atom is 0.306 e. The molecule has 310 valence electrons. The van der Waals surface area contributed by atoms with Crippen LogP contribution in [0.4, 0.5) is 0 Å². The van der Waals surface area contributed by atoms with Crippen LogP contribution in [0.5, 0.6) is 0 Å². The van der Waals surface area contributed by atoms with E-state index in [9.17, 15) is 19.5 Å². The van der Waals surface area contributed by atoms with Crippen molar-refractivity contribution in [1.29, 1.82) is 0 Å². The van der Waals surface area contributed by atoms with E-state index in [0.29, 0.717) is 12.8 Å². The first-order chi connectivity index (χ1) is 26.1. The Hall–Kier alpha value is -2.97. The number of rotatable bonds is 37. The number of unbranched alkanes of at least 4 members (excludes halogenated alkanes) is 14. The van der Waals surface area contributed by atoms with Crippen molar-refractivity contribution >= 4 is 17.9 Å². The molecule has 2 unspecified atom stereocenters. The number of carbonyl (C=O) groups is 3. The lowest BCUT2D eigenvalue weighted by molar-refractivity contribution is -0.889. The Bertz CT molecular complexity index is 1070. The standard InChI is InChI=1S/C46H79NO7/c1-6-8-10-12-14-16-18-20-21-22-23-24-25-27-28-30-32-34-36-44(48)53-41-42(40-52-39-38-43(46(50)51)47(3,4)5)54-45(49)37-35-33-31-29-26-19-17-15-13-11-9-7-2/h9,11,15,17,21-24,26,29,42-43H,6-8,10,12-14,16,18-20,25,27-28,30-41H2,1-5H3/b11-9+,17-15+,22-21+,24-23+,29-26+. The second-order valence-corrected chi connectivity index (χ2v) is 15.2. The van der Waals surface area contributed by atoms with E-state index in [2.05, 4.69) is 74.6 Å². The van der Waals surface area contributed by atoms with Gasteiger partial charge in [-0.3, -0.25) is 9.59 Å². The van der Waals surface area contributed by atoms with Crippen molar-refractivity contribution in [2.45, 2.75) is 174 Å². The molecule has 0 rings (SSSR count). The van der Waals surface area contributed by atoms with Gasteiger partial charge in [0.1, 0.15) is 12.6 Å². The predicted octanol–water partition coefficient (Wildman–Crippen LogP) is 10.1. The zero-order chi connectivity index (χ0) is 40.0. The molecular formula is C46H79NO7. The summed E-state index contributed by atoms with van der Waals surface area (Å²) >= 11 is 0. The molecule has 0 aromatic rings. The van der Waals surface area contributed by atoms with Crippen LogP contribution in [0, 0.1) is 0 Å². The number of carboxylic acids is 1. The highest BCUT2D eigenvalue weighted by Gasteiger charge is 2.25. The Morgan fingerprint density at radius 2 is 1.09 bits per heavy atom. The number of hydrogen-bond acceptors (Lipinski definition) is 7. The second kappa shape index (κ2) is 37.0. The highest BCUT2D eigenvalue weighted by atomic mass is 16.6. The lowest BCUT2D eigenvalue weighted by atomic mass is 10.1. The summed E-state index contributed by atoms with van der Waals surface area (Å²) in [5.41, 5.74) is 0. The molecule has 54 heavy (non-hydrogen) atoms. The first-order valence-corrected chi connectivity index (χ1v) is 21.3. The van der Waals surface area contributed by atoms with Crippen molar-refractivity contribution in [3.05, 3.63) is 60.8 Å². The van der Waals surface area contributed by atoms with Crippen molar-refractivity contribution in [1.82, 2.24) is 0 Å². The average molecular weight is 758 g/mol. The minimum Gasteiger partial charge on any atom is -0.544 e. The minimum absolute atomic E-state index is 0.0177. The van der Waals surface area contributed by atoms with Crippen LogP contribution in [0.2, 0.25) is 0 Å². The fourth-order valence-corrected chi connectivity index (χ4v) is 5.84. The van der Waals surface area contributed by atoms with E-state index >= 15 is 0 Å². The normalized spacial score (nSPS) is 13.6. The lowest BCUT2D eigenvalue weighted by Gasteiger charge is -2.34. The SMILES string of the molecule is CC/C=C/C/C=C/C/C=C/CCCCC(=O)OC(COCCC(C(=O)[O-])[N+](C)(C)C)COC(=O)CCCCCCC/C=C/C=C/CCCCCCCCC. The van der Waals surface area contributed by atoms with E-state index in [-0.39, 0.29) is 49.1 Å². The first-order valence-electron chi connectivity index (χ1n) is 21.3. The van der Waals surface area contributed by atoms with Gasteiger partial charge in [-0.05, 0) is 70.6 Å². The Morgan fingerprint density at radius 1 is 0.593 bits per heavy atom. The van der Waals surface area contributed by atoms with Crippen LogP contribution in [0.15, 0.2) is 60.8 Å². The van der Waals surface area contributed by atoms with Crippen molar-refractivity contribution in [2.24, 2.45) is 0 Å². The van der Waals surface area contributed by atoms with Crippen LogP contribution >= 0.6 is 0 Å². The molecule has 0 bridgehead atoms. The maximum atomic E-state index is 12.6. The van der Waals surface area contributed by atoms with Crippen molar-refractivity contribution in [3.8, 4) is 0 Å². The molecule has 2 atom stereocenters. The van der Waals surface area contributed by atoms with Gasteiger partial charge in [0.2, 0.25) is 0 Å². The molecule has 0 radical (unpaired) electrons. The third kappa shape index (κ3) is 34.8. The number of aliphatic carboxylic acids is 1. The molecule has 0 fully saturated rings. The second-order valence-electron chi connectivity index (χ2n) is 15.2. The monoisotopic (exact) mass is 758 g/mol. The zero-order valence-corrected chi connectivity index (χ0v) is 35.1. The number of carboxylic acid groups (broad SMARTS) is 1. The number of quaternary nitrogens is 1. The van der Waals surface area contributed by atoms with Gasteiger partial charge in [0.25, 0.3) is 0 Å². The lowest BCUT2D eigenvalue weighted by Crippen LogP contribution is -2.55. The van der Waals surface area contributed by atoms with Crippen LogP contribution in [0.1, 0.15) is 162 Å². The fraction of sp³-hybridized carbons (Fsp3) is 0.717. The van der Waals surface area contributed by atoms with Crippen LogP contribution < -0.4 is 5.11 Å². The van der Waals surface area contributed by atoms with Gasteiger partial charge >= 0.3 is 11.9 Å². The van der Waals surface area contributed by atoms with Crippen molar-refractivity contribution < 1.29 is 38.2 Å². The maximum absolute atomic E-state index is 12.6. The van der Waals surface area contributed by atoms with Gasteiger partial charge in [0, 0.05) is 19.3 Å². The number of carbonyl (C=O) groups excluding carboxylic acids is 3. The topological polar surface area (TPSA) is 102 Å². The van der Waals surface area contributed by atoms with Crippen molar-refractivity contribution in [2.75, 3.05) is 41.0 Å². The number of esters is 2. The molecule has 0 aliphatic carbocycles. The van der Waals surface area contributed by atoms with Gasteiger partial charge in [-0.15, -0.1) is 0 Å². The van der Waals surface area contributed by atoms with E-state index < -0.39 is 18.1 Å². The van der Waals surface area contributed by atoms with Gasteiger partial charge in [-0.1, -0.05) is 132 Å². The van der Waals surface area contributed by atoms with Gasteiger partial charge in [0.15, 0.2) is 6.10 Å².